The van der Waals surface area contributed by atoms with E-state index in [1.807, 2.05) is 60.7 Å². The number of benzene rings is 3. The summed E-state index contributed by atoms with van der Waals surface area (Å²) in [4.78, 5) is 24.4. The number of ketones is 1. The second-order valence-corrected chi connectivity index (χ2v) is 6.32. The molecule has 0 atom stereocenters. The van der Waals surface area contributed by atoms with Gasteiger partial charge in [0.2, 0.25) is 0 Å². The zero-order valence-corrected chi connectivity index (χ0v) is 15.7. The first-order chi connectivity index (χ1) is 13.7. The van der Waals surface area contributed by atoms with Gasteiger partial charge in [0.25, 0.3) is 0 Å². The molecular formula is C24H22O4. The van der Waals surface area contributed by atoms with Gasteiger partial charge < -0.3 is 9.47 Å². The molecule has 142 valence electrons. The Labute approximate surface area is 164 Å². The van der Waals surface area contributed by atoms with Crippen LogP contribution in [-0.2, 0) is 9.53 Å². The lowest BCUT2D eigenvalue weighted by Crippen LogP contribution is -2.20. The normalized spacial score (nSPS) is 10.5. The third-order valence-electron chi connectivity index (χ3n) is 4.35. The van der Waals surface area contributed by atoms with E-state index in [1.54, 1.807) is 24.3 Å². The van der Waals surface area contributed by atoms with Crippen LogP contribution in [0, 0.1) is 0 Å². The number of hydrogen-bond donors (Lipinski definition) is 0. The molecule has 0 bridgehead atoms. The Balaban J connectivity index is 1.64. The molecule has 3 rings (SSSR count). The van der Waals surface area contributed by atoms with Crippen molar-refractivity contribution in [1.29, 1.82) is 0 Å². The third kappa shape index (κ3) is 4.86. The van der Waals surface area contributed by atoms with Crippen molar-refractivity contribution in [3.05, 3.63) is 102 Å². The summed E-state index contributed by atoms with van der Waals surface area (Å²) in [5.74, 6) is -0.401. The first kappa shape index (κ1) is 19.4. The molecule has 28 heavy (non-hydrogen) atoms. The van der Waals surface area contributed by atoms with Crippen molar-refractivity contribution < 1.29 is 19.1 Å². The third-order valence-corrected chi connectivity index (χ3v) is 4.35. The number of hydrogen-bond acceptors (Lipinski definition) is 4. The molecule has 3 aromatic rings. The molecule has 0 amide bonds. The molecule has 3 aromatic carbocycles. The fourth-order valence-electron chi connectivity index (χ4n) is 3.02. The van der Waals surface area contributed by atoms with Crippen LogP contribution in [0.5, 0.6) is 5.75 Å². The maximum absolute atomic E-state index is 12.8. The van der Waals surface area contributed by atoms with E-state index < -0.39 is 5.92 Å². The van der Waals surface area contributed by atoms with Crippen molar-refractivity contribution in [2.45, 2.75) is 12.8 Å². The summed E-state index contributed by atoms with van der Waals surface area (Å²) < 4.78 is 11.1. The molecule has 0 aliphatic carbocycles. The molecular weight excluding hydrogens is 352 g/mol. The SMILES string of the molecule is CC(=O)c1ccccc1OCCOC(=O)C(c1ccccc1)c1ccccc1. The molecule has 0 unspecified atom stereocenters. The van der Waals surface area contributed by atoms with E-state index in [-0.39, 0.29) is 25.0 Å². The quantitative estimate of drug-likeness (QED) is 0.327. The van der Waals surface area contributed by atoms with Gasteiger partial charge in [-0.05, 0) is 30.2 Å². The first-order valence-corrected chi connectivity index (χ1v) is 9.16. The van der Waals surface area contributed by atoms with Crippen molar-refractivity contribution >= 4 is 11.8 Å². The van der Waals surface area contributed by atoms with Gasteiger partial charge in [0.15, 0.2) is 5.78 Å². The largest absolute Gasteiger partial charge is 0.489 e. The van der Waals surface area contributed by atoms with Crippen LogP contribution in [0.2, 0.25) is 0 Å². The van der Waals surface area contributed by atoms with E-state index in [4.69, 9.17) is 9.47 Å². The minimum absolute atomic E-state index is 0.0687. The maximum Gasteiger partial charge on any atom is 0.318 e. The molecule has 0 N–H and O–H groups in total. The van der Waals surface area contributed by atoms with Gasteiger partial charge in [-0.3, -0.25) is 9.59 Å². The fraction of sp³-hybridized carbons (Fsp3) is 0.167. The number of Topliss-reactive ketones (excluding diaryl/α,β-unsaturated/α-hetero) is 1. The van der Waals surface area contributed by atoms with E-state index in [9.17, 15) is 9.59 Å². The molecule has 0 heterocycles. The van der Waals surface area contributed by atoms with Gasteiger partial charge >= 0.3 is 5.97 Å². The van der Waals surface area contributed by atoms with Crippen molar-refractivity contribution in [2.24, 2.45) is 0 Å². The molecule has 0 aromatic heterocycles. The minimum Gasteiger partial charge on any atom is -0.489 e. The lowest BCUT2D eigenvalue weighted by molar-refractivity contribution is -0.145. The molecule has 4 nitrogen and oxygen atoms in total. The summed E-state index contributed by atoms with van der Waals surface area (Å²) in [5, 5.41) is 0. The predicted octanol–water partition coefficient (Wildman–Crippen LogP) is 4.64. The molecule has 0 aliphatic heterocycles. The van der Waals surface area contributed by atoms with Crippen LogP contribution in [0.4, 0.5) is 0 Å². The number of para-hydroxylation sites is 1. The summed E-state index contributed by atoms with van der Waals surface area (Å²) in [7, 11) is 0. The fourth-order valence-corrected chi connectivity index (χ4v) is 3.02. The van der Waals surface area contributed by atoms with Gasteiger partial charge in [-0.15, -0.1) is 0 Å². The Kier molecular flexibility index (Phi) is 6.58. The van der Waals surface area contributed by atoms with Gasteiger partial charge in [0, 0.05) is 0 Å². The van der Waals surface area contributed by atoms with Gasteiger partial charge in [-0.2, -0.15) is 0 Å². The highest BCUT2D eigenvalue weighted by Crippen LogP contribution is 2.26. The smallest absolute Gasteiger partial charge is 0.318 e. The van der Waals surface area contributed by atoms with E-state index >= 15 is 0 Å². The zero-order chi connectivity index (χ0) is 19.8. The summed E-state index contributed by atoms with van der Waals surface area (Å²) in [6.45, 7) is 1.76. The van der Waals surface area contributed by atoms with Crippen LogP contribution in [-0.4, -0.2) is 25.0 Å². The lowest BCUT2D eigenvalue weighted by Gasteiger charge is -2.17. The molecule has 0 radical (unpaired) electrons. The Bertz CT molecular complexity index is 880. The Morgan fingerprint density at radius 3 is 1.86 bits per heavy atom. The minimum atomic E-state index is -0.494. The topological polar surface area (TPSA) is 52.6 Å². The maximum atomic E-state index is 12.8. The van der Waals surface area contributed by atoms with Gasteiger partial charge in [0.1, 0.15) is 24.9 Å². The highest BCUT2D eigenvalue weighted by Gasteiger charge is 2.24. The molecule has 0 spiro atoms. The highest BCUT2D eigenvalue weighted by molar-refractivity contribution is 5.96. The molecule has 0 fully saturated rings. The van der Waals surface area contributed by atoms with Crippen LogP contribution >= 0.6 is 0 Å². The molecule has 0 aliphatic rings. The summed E-state index contributed by atoms with van der Waals surface area (Å²) >= 11 is 0. The monoisotopic (exact) mass is 374 g/mol. The van der Waals surface area contributed by atoms with Crippen LogP contribution in [0.15, 0.2) is 84.9 Å². The van der Waals surface area contributed by atoms with E-state index in [1.165, 1.54) is 6.92 Å². The van der Waals surface area contributed by atoms with E-state index in [0.29, 0.717) is 11.3 Å². The highest BCUT2D eigenvalue weighted by atomic mass is 16.6. The Morgan fingerprint density at radius 2 is 1.29 bits per heavy atom. The number of carbonyl (C=O) groups is 2. The molecule has 0 saturated heterocycles. The summed E-state index contributed by atoms with van der Waals surface area (Å²) in [6, 6.07) is 26.1. The number of ether oxygens (including phenoxy) is 2. The average Bonchev–Trinajstić information content (AvgIpc) is 2.73. The number of esters is 1. The van der Waals surface area contributed by atoms with Gasteiger partial charge in [-0.25, -0.2) is 0 Å². The van der Waals surface area contributed by atoms with Crippen molar-refractivity contribution in [1.82, 2.24) is 0 Å². The van der Waals surface area contributed by atoms with E-state index in [2.05, 4.69) is 0 Å². The van der Waals surface area contributed by atoms with E-state index in [0.717, 1.165) is 11.1 Å². The summed E-state index contributed by atoms with van der Waals surface area (Å²) in [5.41, 5.74) is 2.27. The van der Waals surface area contributed by atoms with Crippen molar-refractivity contribution in [3.63, 3.8) is 0 Å². The Hall–Kier alpha value is -3.40. The van der Waals surface area contributed by atoms with Gasteiger partial charge in [-0.1, -0.05) is 72.8 Å². The molecule has 0 saturated carbocycles. The predicted molar refractivity (Wildman–Crippen MR) is 108 cm³/mol. The van der Waals surface area contributed by atoms with Crippen LogP contribution in [0.1, 0.15) is 34.3 Å². The number of rotatable bonds is 8. The van der Waals surface area contributed by atoms with Crippen LogP contribution < -0.4 is 4.74 Å². The van der Waals surface area contributed by atoms with Crippen molar-refractivity contribution in [3.8, 4) is 5.75 Å². The van der Waals surface area contributed by atoms with Crippen LogP contribution in [0.3, 0.4) is 0 Å². The number of carbonyl (C=O) groups excluding carboxylic acids is 2. The Morgan fingerprint density at radius 1 is 0.750 bits per heavy atom. The second-order valence-electron chi connectivity index (χ2n) is 6.32. The zero-order valence-electron chi connectivity index (χ0n) is 15.7. The van der Waals surface area contributed by atoms with Crippen molar-refractivity contribution in [2.75, 3.05) is 13.2 Å². The summed E-state index contributed by atoms with van der Waals surface area (Å²) in [6.07, 6.45) is 0. The lowest BCUT2D eigenvalue weighted by atomic mass is 9.91. The second kappa shape index (κ2) is 9.51. The van der Waals surface area contributed by atoms with Gasteiger partial charge in [0.05, 0.1) is 5.56 Å². The van der Waals surface area contributed by atoms with Crippen LogP contribution in [0.25, 0.3) is 0 Å². The molecule has 4 heteroatoms. The standard InChI is InChI=1S/C24H22O4/c1-18(25)21-14-8-9-15-22(21)27-16-17-28-24(26)23(19-10-4-2-5-11-19)20-12-6-3-7-13-20/h2-15,23H,16-17H2,1H3. The first-order valence-electron chi connectivity index (χ1n) is 9.16. The average molecular weight is 374 g/mol.